The summed E-state index contributed by atoms with van der Waals surface area (Å²) in [5, 5.41) is 1.57. The molecule has 0 aromatic heterocycles. The molecule has 32 heavy (non-hydrogen) atoms. The summed E-state index contributed by atoms with van der Waals surface area (Å²) in [6.07, 6.45) is 16.9. The molecule has 1 aliphatic carbocycles. The van der Waals surface area contributed by atoms with Crippen molar-refractivity contribution in [2.24, 2.45) is 0 Å². The summed E-state index contributed by atoms with van der Waals surface area (Å²) in [6.45, 7) is 0. The molecule has 3 aliphatic rings. The van der Waals surface area contributed by atoms with E-state index >= 15 is 0 Å². The van der Waals surface area contributed by atoms with Crippen LogP contribution in [0.1, 0.15) is 109 Å². The Morgan fingerprint density at radius 3 is 1.81 bits per heavy atom. The number of thioether (sulfide) groups is 1. The molecule has 184 valence electrons. The molecular formula is C25H42O4S3. The Labute approximate surface area is 207 Å². The van der Waals surface area contributed by atoms with E-state index in [1.54, 1.807) is 0 Å². The van der Waals surface area contributed by atoms with Crippen LogP contribution >= 0.6 is 33.3 Å². The van der Waals surface area contributed by atoms with Gasteiger partial charge in [0.15, 0.2) is 0 Å². The van der Waals surface area contributed by atoms with E-state index < -0.39 is 0 Å². The van der Waals surface area contributed by atoms with Gasteiger partial charge >= 0.3 is 11.9 Å². The van der Waals surface area contributed by atoms with Gasteiger partial charge in [0.25, 0.3) is 0 Å². The van der Waals surface area contributed by atoms with Crippen LogP contribution in [0.15, 0.2) is 0 Å². The molecule has 0 aromatic rings. The minimum absolute atomic E-state index is 0.109. The second kappa shape index (κ2) is 15.8. The number of esters is 2. The average molecular weight is 503 g/mol. The van der Waals surface area contributed by atoms with Crippen molar-refractivity contribution >= 4 is 45.3 Å². The topological polar surface area (TPSA) is 52.6 Å². The van der Waals surface area contributed by atoms with E-state index in [1.165, 1.54) is 56.5 Å². The molecule has 4 atom stereocenters. The monoisotopic (exact) mass is 502 g/mol. The molecule has 0 bridgehead atoms. The van der Waals surface area contributed by atoms with Crippen molar-refractivity contribution < 1.29 is 19.1 Å². The Morgan fingerprint density at radius 1 is 0.656 bits per heavy atom. The molecule has 0 radical (unpaired) electrons. The first kappa shape index (κ1) is 26.6. The maximum atomic E-state index is 12.5. The predicted molar refractivity (Wildman–Crippen MR) is 138 cm³/mol. The molecule has 0 spiro atoms. The van der Waals surface area contributed by atoms with E-state index in [1.807, 2.05) is 21.6 Å². The van der Waals surface area contributed by atoms with Gasteiger partial charge in [-0.1, -0.05) is 47.3 Å². The van der Waals surface area contributed by atoms with E-state index in [2.05, 4.69) is 11.8 Å². The van der Waals surface area contributed by atoms with Crippen LogP contribution in [0.3, 0.4) is 0 Å². The summed E-state index contributed by atoms with van der Waals surface area (Å²) >= 11 is 2.09. The van der Waals surface area contributed by atoms with Gasteiger partial charge in [-0.25, -0.2) is 0 Å². The zero-order chi connectivity index (χ0) is 22.4. The quantitative estimate of drug-likeness (QED) is 0.157. The lowest BCUT2D eigenvalue weighted by atomic mass is 9.96. The van der Waals surface area contributed by atoms with Crippen LogP contribution < -0.4 is 0 Å². The molecule has 7 heteroatoms. The van der Waals surface area contributed by atoms with Crippen molar-refractivity contribution in [1.29, 1.82) is 0 Å². The van der Waals surface area contributed by atoms with Crippen molar-refractivity contribution in [3.8, 4) is 0 Å². The van der Waals surface area contributed by atoms with Crippen LogP contribution in [0.4, 0.5) is 0 Å². The van der Waals surface area contributed by atoms with E-state index in [9.17, 15) is 9.59 Å². The van der Waals surface area contributed by atoms with Gasteiger partial charge in [-0.2, -0.15) is 11.8 Å². The van der Waals surface area contributed by atoms with Crippen molar-refractivity contribution in [2.45, 2.75) is 132 Å². The van der Waals surface area contributed by atoms with Gasteiger partial charge in [-0.05, 0) is 76.4 Å². The minimum Gasteiger partial charge on any atom is -0.458 e. The van der Waals surface area contributed by atoms with E-state index in [0.29, 0.717) is 12.8 Å². The van der Waals surface area contributed by atoms with Crippen molar-refractivity contribution in [1.82, 2.24) is 0 Å². The van der Waals surface area contributed by atoms with Gasteiger partial charge < -0.3 is 9.47 Å². The van der Waals surface area contributed by atoms with Gasteiger partial charge in [-0.15, -0.1) is 0 Å². The highest BCUT2D eigenvalue weighted by Crippen LogP contribution is 2.40. The van der Waals surface area contributed by atoms with Crippen LogP contribution in [0.5, 0.6) is 0 Å². The molecule has 2 aliphatic heterocycles. The Balaban J connectivity index is 1.34. The minimum atomic E-state index is -0.261. The zero-order valence-corrected chi connectivity index (χ0v) is 22.1. The lowest BCUT2D eigenvalue weighted by Gasteiger charge is -2.29. The van der Waals surface area contributed by atoms with Crippen LogP contribution in [-0.4, -0.2) is 46.2 Å². The first-order chi connectivity index (χ1) is 15.7. The summed E-state index contributed by atoms with van der Waals surface area (Å²) in [6, 6.07) is 0. The largest absolute Gasteiger partial charge is 0.458 e. The highest BCUT2D eigenvalue weighted by molar-refractivity contribution is 8.77. The fourth-order valence-corrected chi connectivity index (χ4v) is 9.22. The van der Waals surface area contributed by atoms with Crippen LogP contribution in [0.25, 0.3) is 0 Å². The number of hydrogen-bond acceptors (Lipinski definition) is 7. The van der Waals surface area contributed by atoms with Crippen LogP contribution in [0.2, 0.25) is 0 Å². The second-order valence-electron chi connectivity index (χ2n) is 9.50. The van der Waals surface area contributed by atoms with Crippen molar-refractivity contribution in [2.75, 3.05) is 11.5 Å². The molecule has 2 heterocycles. The van der Waals surface area contributed by atoms with Gasteiger partial charge in [0.05, 0.1) is 0 Å². The third-order valence-electron chi connectivity index (χ3n) is 6.77. The summed E-state index contributed by atoms with van der Waals surface area (Å²) in [5.41, 5.74) is 0. The molecule has 3 rings (SSSR count). The number of carbonyl (C=O) groups excluding carboxylic acids is 2. The fraction of sp³-hybridized carbons (Fsp3) is 0.920. The summed E-state index contributed by atoms with van der Waals surface area (Å²) < 4.78 is 11.8. The number of carbonyl (C=O) groups is 2. The summed E-state index contributed by atoms with van der Waals surface area (Å²) in [5.74, 6) is 2.34. The molecule has 1 saturated carbocycles. The zero-order valence-electron chi connectivity index (χ0n) is 19.6. The molecule has 2 saturated heterocycles. The second-order valence-corrected chi connectivity index (χ2v) is 13.7. The molecule has 0 N–H and O–H groups in total. The first-order valence-corrected chi connectivity index (χ1v) is 16.4. The smallest absolute Gasteiger partial charge is 0.306 e. The van der Waals surface area contributed by atoms with E-state index in [4.69, 9.17) is 9.47 Å². The highest BCUT2D eigenvalue weighted by Gasteiger charge is 2.29. The van der Waals surface area contributed by atoms with Gasteiger partial charge in [0, 0.05) is 29.1 Å². The third-order valence-corrected chi connectivity index (χ3v) is 11.2. The number of hydrogen-bond donors (Lipinski definition) is 0. The van der Waals surface area contributed by atoms with Crippen LogP contribution in [-0.2, 0) is 19.1 Å². The maximum absolute atomic E-state index is 12.5. The van der Waals surface area contributed by atoms with E-state index in [0.717, 1.165) is 61.9 Å². The molecule has 0 aromatic carbocycles. The highest BCUT2D eigenvalue weighted by atomic mass is 33.1. The fourth-order valence-electron chi connectivity index (χ4n) is 4.86. The standard InChI is InChI=1S/C25H42O4S3/c26-24(15-7-5-10-20-12-9-18-30-20)28-22-13-3-1-2-4-14-23(22)29-25(27)16-8-6-11-21-17-19-31-32-21/h20-23H,1-19H2. The number of ether oxygens (including phenoxy) is 2. The van der Waals surface area contributed by atoms with Gasteiger partial charge in [-0.3, -0.25) is 9.59 Å². The SMILES string of the molecule is O=C(CCCCC1CCCS1)OC1CCCCCCC1OC(=O)CCCCC1CCSS1. The molecule has 4 nitrogen and oxygen atoms in total. The predicted octanol–water partition coefficient (Wildman–Crippen LogP) is 7.33. The Kier molecular flexibility index (Phi) is 13.1. The summed E-state index contributed by atoms with van der Waals surface area (Å²) in [7, 11) is 3.98. The molecule has 0 amide bonds. The van der Waals surface area contributed by atoms with Crippen molar-refractivity contribution in [3.05, 3.63) is 0 Å². The van der Waals surface area contributed by atoms with Gasteiger partial charge in [0.1, 0.15) is 12.2 Å². The Bertz CT molecular complexity index is 499. The molecular weight excluding hydrogens is 460 g/mol. The maximum Gasteiger partial charge on any atom is 0.306 e. The Hall–Kier alpha value is -0.0100. The lowest BCUT2D eigenvalue weighted by Crippen LogP contribution is -2.36. The average Bonchev–Trinajstić information content (AvgIpc) is 3.47. The molecule has 3 fully saturated rings. The van der Waals surface area contributed by atoms with E-state index in [-0.39, 0.29) is 24.1 Å². The van der Waals surface area contributed by atoms with Crippen molar-refractivity contribution in [3.63, 3.8) is 0 Å². The van der Waals surface area contributed by atoms with Gasteiger partial charge in [0.2, 0.25) is 0 Å². The Morgan fingerprint density at radius 2 is 1.28 bits per heavy atom. The summed E-state index contributed by atoms with van der Waals surface area (Å²) in [4.78, 5) is 25.0. The lowest BCUT2D eigenvalue weighted by molar-refractivity contribution is -0.170. The van der Waals surface area contributed by atoms with Crippen LogP contribution in [0, 0.1) is 0 Å². The normalized spacial score (nSPS) is 28.8. The number of rotatable bonds is 12. The molecule has 4 unspecified atom stereocenters. The number of unbranched alkanes of at least 4 members (excludes halogenated alkanes) is 2. The first-order valence-electron chi connectivity index (χ1n) is 13.0. The third kappa shape index (κ3) is 10.5.